The topological polar surface area (TPSA) is 84.2 Å². The Labute approximate surface area is 319 Å². The highest BCUT2D eigenvalue weighted by Crippen LogP contribution is 2.27. The normalized spacial score (nSPS) is 10.7. The smallest absolute Gasteiger partial charge is 0.169 e. The Morgan fingerprint density at radius 3 is 1.63 bits per heavy atom. The zero-order chi connectivity index (χ0) is 37.3. The van der Waals surface area contributed by atoms with Crippen molar-refractivity contribution in [3.63, 3.8) is 0 Å². The maximum absolute atomic E-state index is 14.1. The average molecular weight is 783 g/mol. The van der Waals surface area contributed by atoms with Crippen LogP contribution in [0.3, 0.4) is 0 Å². The molecule has 3 aromatic heterocycles. The number of imidazole rings is 1. The summed E-state index contributed by atoms with van der Waals surface area (Å²) in [5.41, 5.74) is 7.43. The van der Waals surface area contributed by atoms with Crippen LogP contribution < -0.4 is 0 Å². The standard InChI is InChI=1S/C22H15F2N5.C10H9BrN2.C10H10N2/c23-18-8-4-7-17(21(18)24)22-25-19-10-11-28(14-20(19)26-22)13-15-9-12-29(27-15)16-5-2-1-3-6-16;11-8-9-6-7-13(12-9)10-4-2-1-3-5-10;1-9-7-8-12(11-9)10-5-3-2-4-6-10/h1-12,14H,13H2;1-7H,8H2;2-8H,1H3. The molecular formula is C42H34BrF2N9. The maximum atomic E-state index is 14.1. The lowest BCUT2D eigenvalue weighted by Gasteiger charge is -2.06. The first-order valence-electron chi connectivity index (χ1n) is 17.0. The van der Waals surface area contributed by atoms with Crippen molar-refractivity contribution >= 4 is 15.9 Å². The predicted molar refractivity (Wildman–Crippen MR) is 209 cm³/mol. The lowest BCUT2D eigenvalue weighted by atomic mass is 10.2. The van der Waals surface area contributed by atoms with Gasteiger partial charge in [-0.15, -0.1) is 0 Å². The summed E-state index contributed by atoms with van der Waals surface area (Å²) in [6.45, 7) is 2.53. The number of halogens is 3. The number of alkyl halides is 1. The molecule has 4 aromatic carbocycles. The largest absolute Gasteiger partial charge is 0.346 e. The predicted octanol–water partition coefficient (Wildman–Crippen LogP) is 9.51. The van der Waals surface area contributed by atoms with Crippen molar-refractivity contribution in [2.45, 2.75) is 18.8 Å². The minimum atomic E-state index is -0.942. The van der Waals surface area contributed by atoms with Gasteiger partial charge in [-0.05, 0) is 79.7 Å². The molecule has 9 rings (SSSR count). The Balaban J connectivity index is 0.000000148. The van der Waals surface area contributed by atoms with Crippen molar-refractivity contribution in [2.24, 2.45) is 0 Å². The third-order valence-corrected chi connectivity index (χ3v) is 8.75. The van der Waals surface area contributed by atoms with E-state index in [1.54, 1.807) is 6.07 Å². The van der Waals surface area contributed by atoms with Gasteiger partial charge in [0.05, 0.1) is 51.9 Å². The van der Waals surface area contributed by atoms with Gasteiger partial charge in [-0.2, -0.15) is 15.3 Å². The van der Waals surface area contributed by atoms with E-state index in [2.05, 4.69) is 41.2 Å². The lowest BCUT2D eigenvalue weighted by Crippen LogP contribution is -2.03. The Morgan fingerprint density at radius 2 is 1.07 bits per heavy atom. The highest BCUT2D eigenvalue weighted by Gasteiger charge is 2.17. The minimum absolute atomic E-state index is 0.0503. The van der Waals surface area contributed by atoms with Crippen LogP contribution in [0.15, 0.2) is 164 Å². The van der Waals surface area contributed by atoms with Crippen LogP contribution >= 0.6 is 15.9 Å². The van der Waals surface area contributed by atoms with Crippen LogP contribution in [-0.2, 0) is 11.9 Å². The molecule has 0 unspecified atom stereocenters. The molecule has 0 N–H and O–H groups in total. The number of aromatic nitrogens is 9. The van der Waals surface area contributed by atoms with E-state index in [1.807, 2.05) is 166 Å². The summed E-state index contributed by atoms with van der Waals surface area (Å²) < 4.78 is 35.1. The van der Waals surface area contributed by atoms with Gasteiger partial charge in [-0.25, -0.2) is 32.8 Å². The van der Waals surface area contributed by atoms with E-state index in [9.17, 15) is 8.78 Å². The fourth-order valence-corrected chi connectivity index (χ4v) is 5.80. The summed E-state index contributed by atoms with van der Waals surface area (Å²) in [4.78, 5) is 8.70. The van der Waals surface area contributed by atoms with Crippen LogP contribution in [0.4, 0.5) is 8.78 Å². The van der Waals surface area contributed by atoms with Crippen LogP contribution in [0.2, 0.25) is 0 Å². The van der Waals surface area contributed by atoms with Gasteiger partial charge < -0.3 is 4.57 Å². The highest BCUT2D eigenvalue weighted by molar-refractivity contribution is 9.08. The van der Waals surface area contributed by atoms with Crippen LogP contribution in [0, 0.1) is 18.6 Å². The summed E-state index contributed by atoms with van der Waals surface area (Å²) in [5.74, 6) is -1.69. The first-order valence-corrected chi connectivity index (χ1v) is 18.2. The fraction of sp³-hybridized carbons (Fsp3) is 0.0714. The first kappa shape index (κ1) is 35.9. The van der Waals surface area contributed by atoms with Crippen LogP contribution in [0.1, 0.15) is 17.1 Å². The second-order valence-electron chi connectivity index (χ2n) is 12.1. The van der Waals surface area contributed by atoms with Crippen molar-refractivity contribution < 1.29 is 8.78 Å². The number of para-hydroxylation sites is 3. The number of pyridine rings is 1. The van der Waals surface area contributed by atoms with Crippen LogP contribution in [0.5, 0.6) is 0 Å². The molecule has 0 saturated heterocycles. The fourth-order valence-electron chi connectivity index (χ4n) is 5.50. The first-order chi connectivity index (χ1) is 26.4. The molecule has 0 bridgehead atoms. The quantitative estimate of drug-likeness (QED) is 0.151. The molecule has 0 saturated carbocycles. The molecule has 0 radical (unpaired) electrons. The summed E-state index contributed by atoms with van der Waals surface area (Å²) >= 11 is 3.37. The number of hydrogen-bond acceptors (Lipinski definition) is 5. The van der Waals surface area contributed by atoms with Crippen molar-refractivity contribution in [1.29, 1.82) is 0 Å². The molecule has 9 nitrogen and oxygen atoms in total. The van der Waals surface area contributed by atoms with E-state index in [-0.39, 0.29) is 11.4 Å². The molecule has 5 heterocycles. The Kier molecular flexibility index (Phi) is 11.2. The third-order valence-electron chi connectivity index (χ3n) is 8.17. The Bertz CT molecular complexity index is 2510. The summed E-state index contributed by atoms with van der Waals surface area (Å²) in [5, 5.41) is 14.1. The molecule has 7 aromatic rings. The SMILES string of the molecule is BrCc1ccn(-c2ccccc2)n1.Cc1ccn(-c2ccccc2)n1.Fc1cccc(-c2nc3ccn(Cc4ccn(-c5ccccc5)n4)cc-3n2)c1F. The van der Waals surface area contributed by atoms with Crippen LogP contribution in [-0.4, -0.2) is 43.9 Å². The Morgan fingerprint density at radius 1 is 0.537 bits per heavy atom. The van der Waals surface area contributed by atoms with E-state index in [4.69, 9.17) is 0 Å². The van der Waals surface area contributed by atoms with Gasteiger partial charge in [0.1, 0.15) is 5.69 Å². The summed E-state index contributed by atoms with van der Waals surface area (Å²) in [6.07, 6.45) is 9.53. The lowest BCUT2D eigenvalue weighted by molar-refractivity contribution is 0.510. The second kappa shape index (κ2) is 16.9. The molecule has 0 atom stereocenters. The maximum Gasteiger partial charge on any atom is 0.169 e. The molecule has 268 valence electrons. The van der Waals surface area contributed by atoms with Gasteiger partial charge in [0.2, 0.25) is 0 Å². The average Bonchev–Trinajstić information content (AvgIpc) is 4.05. The van der Waals surface area contributed by atoms with Gasteiger partial charge in [-0.1, -0.05) is 76.6 Å². The minimum Gasteiger partial charge on any atom is -0.346 e. The van der Waals surface area contributed by atoms with Gasteiger partial charge >= 0.3 is 0 Å². The number of rotatable bonds is 7. The highest BCUT2D eigenvalue weighted by atomic mass is 79.9. The zero-order valence-corrected chi connectivity index (χ0v) is 30.7. The second-order valence-corrected chi connectivity index (χ2v) is 12.6. The Hall–Kier alpha value is -6.53. The number of fused-ring (bicyclic) bond motifs is 1. The van der Waals surface area contributed by atoms with Crippen molar-refractivity contribution in [1.82, 2.24) is 43.9 Å². The van der Waals surface area contributed by atoms with E-state index < -0.39 is 11.6 Å². The number of benzene rings is 4. The van der Waals surface area contributed by atoms with Gasteiger partial charge in [0.25, 0.3) is 0 Å². The zero-order valence-electron chi connectivity index (χ0n) is 29.2. The van der Waals surface area contributed by atoms with Crippen LogP contribution in [0.25, 0.3) is 39.8 Å². The van der Waals surface area contributed by atoms with E-state index in [0.29, 0.717) is 17.9 Å². The molecule has 54 heavy (non-hydrogen) atoms. The molecule has 0 fully saturated rings. The molecule has 2 aliphatic heterocycles. The van der Waals surface area contributed by atoms with E-state index in [1.165, 1.54) is 12.1 Å². The van der Waals surface area contributed by atoms with Crippen molar-refractivity contribution in [2.75, 3.05) is 0 Å². The van der Waals surface area contributed by atoms with Gasteiger partial charge in [0, 0.05) is 36.3 Å². The van der Waals surface area contributed by atoms with Crippen molar-refractivity contribution in [3.05, 3.63) is 193 Å². The van der Waals surface area contributed by atoms with Crippen molar-refractivity contribution in [3.8, 4) is 39.8 Å². The monoisotopic (exact) mass is 781 g/mol. The molecule has 12 heteroatoms. The van der Waals surface area contributed by atoms with Gasteiger partial charge in [-0.3, -0.25) is 0 Å². The summed E-state index contributed by atoms with van der Waals surface area (Å²) in [6, 6.07) is 41.8. The van der Waals surface area contributed by atoms with Gasteiger partial charge in [0.15, 0.2) is 17.5 Å². The summed E-state index contributed by atoms with van der Waals surface area (Å²) in [7, 11) is 0. The van der Waals surface area contributed by atoms with E-state index in [0.717, 1.165) is 45.5 Å². The number of aryl methyl sites for hydroxylation is 1. The third kappa shape index (κ3) is 8.73. The number of nitrogens with zero attached hydrogens (tertiary/aromatic N) is 9. The molecular weight excluding hydrogens is 748 g/mol. The molecule has 0 aliphatic carbocycles. The molecule has 0 spiro atoms. The molecule has 0 amide bonds. The van der Waals surface area contributed by atoms with E-state index >= 15 is 0 Å². The molecule has 2 aliphatic rings. The number of hydrogen-bond donors (Lipinski definition) is 0.